The number of allylic oxidation sites excluding steroid dienone is 1. The second-order valence-corrected chi connectivity index (χ2v) is 5.32. The fourth-order valence-corrected chi connectivity index (χ4v) is 2.50. The molecule has 0 aromatic heterocycles. The van der Waals surface area contributed by atoms with Crippen molar-refractivity contribution in [2.75, 3.05) is 0 Å². The van der Waals surface area contributed by atoms with Gasteiger partial charge >= 0.3 is 5.97 Å². The zero-order valence-corrected chi connectivity index (χ0v) is 11.8. The molecule has 1 atom stereocenters. The van der Waals surface area contributed by atoms with Crippen molar-refractivity contribution in [2.24, 2.45) is 10.2 Å². The van der Waals surface area contributed by atoms with Crippen LogP contribution in [-0.4, -0.2) is 33.6 Å². The molecule has 6 nitrogen and oxygen atoms in total. The minimum atomic E-state index is -1.02. The summed E-state index contributed by atoms with van der Waals surface area (Å²) in [5.41, 5.74) is 1.04. The summed E-state index contributed by atoms with van der Waals surface area (Å²) >= 11 is 1.07. The van der Waals surface area contributed by atoms with E-state index < -0.39 is 11.2 Å². The average Bonchev–Trinajstić information content (AvgIpc) is 2.79. The highest BCUT2D eigenvalue weighted by atomic mass is 32.2. The Labute approximate surface area is 125 Å². The zero-order chi connectivity index (χ0) is 15.1. The number of carbonyl (C=O) groups is 2. The quantitative estimate of drug-likeness (QED) is 0.640. The molecule has 1 aromatic rings. The molecule has 1 aromatic carbocycles. The molecule has 0 aliphatic carbocycles. The van der Waals surface area contributed by atoms with Gasteiger partial charge in [0.15, 0.2) is 5.17 Å². The van der Waals surface area contributed by atoms with Crippen molar-refractivity contribution in [3.8, 4) is 0 Å². The van der Waals surface area contributed by atoms with Gasteiger partial charge in [0, 0.05) is 6.21 Å². The summed E-state index contributed by atoms with van der Waals surface area (Å²) in [5.74, 6) is -1.37. The predicted molar refractivity (Wildman–Crippen MR) is 83.2 cm³/mol. The van der Waals surface area contributed by atoms with E-state index in [1.165, 1.54) is 6.21 Å². The molecule has 108 valence electrons. The van der Waals surface area contributed by atoms with Gasteiger partial charge in [0.1, 0.15) is 5.25 Å². The van der Waals surface area contributed by atoms with Crippen LogP contribution in [0.15, 0.2) is 46.6 Å². The number of benzene rings is 1. The summed E-state index contributed by atoms with van der Waals surface area (Å²) in [4.78, 5) is 22.0. The highest BCUT2D eigenvalue weighted by Crippen LogP contribution is 2.22. The van der Waals surface area contributed by atoms with E-state index in [-0.39, 0.29) is 12.3 Å². The smallest absolute Gasteiger partial charge is 0.305 e. The van der Waals surface area contributed by atoms with Crippen LogP contribution in [0, 0.1) is 0 Å². The summed E-state index contributed by atoms with van der Waals surface area (Å²) in [6.45, 7) is 0. The fraction of sp³-hybridized carbons (Fsp3) is 0.143. The Bertz CT molecular complexity index is 611. The average molecular weight is 303 g/mol. The van der Waals surface area contributed by atoms with Gasteiger partial charge in [0.25, 0.3) is 0 Å². The lowest BCUT2D eigenvalue weighted by atomic mass is 10.2. The fourth-order valence-electron chi connectivity index (χ4n) is 1.59. The number of thioether (sulfide) groups is 1. The number of carbonyl (C=O) groups excluding carboxylic acids is 1. The first kappa shape index (κ1) is 15.0. The molecule has 1 heterocycles. The van der Waals surface area contributed by atoms with Gasteiger partial charge in [-0.2, -0.15) is 5.10 Å². The molecule has 1 saturated heterocycles. The number of hydrogen-bond acceptors (Lipinski definition) is 5. The third-order valence-electron chi connectivity index (χ3n) is 2.53. The van der Waals surface area contributed by atoms with Crippen molar-refractivity contribution >= 4 is 41.1 Å². The van der Waals surface area contributed by atoms with Gasteiger partial charge in [-0.05, 0) is 11.6 Å². The van der Waals surface area contributed by atoms with Crippen LogP contribution in [0.3, 0.4) is 0 Å². The first-order chi connectivity index (χ1) is 10.1. The summed E-state index contributed by atoms with van der Waals surface area (Å²) < 4.78 is 0. The van der Waals surface area contributed by atoms with Crippen molar-refractivity contribution in [1.82, 2.24) is 5.32 Å². The normalized spacial score (nSPS) is 20.5. The standard InChI is InChI=1S/C14H13N3O3S/c18-12(19)9-11-13(20)16-14(21-11)17-15-8-4-7-10-5-2-1-3-6-10/h1-8,11H,9H2,(H,18,19)(H,16,17,20)/b7-4-,15-8?/t11-/m1/s1. The van der Waals surface area contributed by atoms with Gasteiger partial charge in [-0.15, -0.1) is 5.10 Å². The van der Waals surface area contributed by atoms with Gasteiger partial charge in [-0.3, -0.25) is 9.59 Å². The monoisotopic (exact) mass is 303 g/mol. The molecular weight excluding hydrogens is 290 g/mol. The van der Waals surface area contributed by atoms with Crippen LogP contribution in [0.5, 0.6) is 0 Å². The van der Waals surface area contributed by atoms with Crippen LogP contribution in [0.4, 0.5) is 0 Å². The molecule has 2 N–H and O–H groups in total. The summed E-state index contributed by atoms with van der Waals surface area (Å²) in [5, 5.41) is 18.5. The first-order valence-electron chi connectivity index (χ1n) is 6.17. The third kappa shape index (κ3) is 4.88. The van der Waals surface area contributed by atoms with Gasteiger partial charge < -0.3 is 10.4 Å². The van der Waals surface area contributed by atoms with Crippen molar-refractivity contribution in [2.45, 2.75) is 11.7 Å². The van der Waals surface area contributed by atoms with E-state index in [4.69, 9.17) is 5.11 Å². The minimum absolute atomic E-state index is 0.229. The van der Waals surface area contributed by atoms with Crippen LogP contribution < -0.4 is 5.32 Å². The van der Waals surface area contributed by atoms with Gasteiger partial charge in [-0.1, -0.05) is 48.2 Å². The lowest BCUT2D eigenvalue weighted by Crippen LogP contribution is -2.26. The molecule has 1 fully saturated rings. The van der Waals surface area contributed by atoms with E-state index in [1.54, 1.807) is 6.08 Å². The molecule has 0 unspecified atom stereocenters. The molecule has 21 heavy (non-hydrogen) atoms. The number of carboxylic acid groups (broad SMARTS) is 1. The molecule has 1 amide bonds. The number of rotatable bonds is 5. The Hall–Kier alpha value is -2.41. The Balaban J connectivity index is 1.87. The summed E-state index contributed by atoms with van der Waals surface area (Å²) in [7, 11) is 0. The SMILES string of the molecule is O=C(O)C[C@H]1SC(=NN=C/C=C\c2ccccc2)NC1=O. The number of aliphatic carboxylic acids is 1. The Morgan fingerprint density at radius 3 is 2.86 bits per heavy atom. The molecule has 1 aliphatic rings. The molecule has 1 aliphatic heterocycles. The Morgan fingerprint density at radius 2 is 2.14 bits per heavy atom. The van der Waals surface area contributed by atoms with E-state index in [1.807, 2.05) is 36.4 Å². The van der Waals surface area contributed by atoms with Crippen molar-refractivity contribution in [1.29, 1.82) is 0 Å². The maximum absolute atomic E-state index is 11.5. The van der Waals surface area contributed by atoms with Crippen molar-refractivity contribution in [3.05, 3.63) is 42.0 Å². The number of carboxylic acids is 1. The maximum atomic E-state index is 11.5. The van der Waals surface area contributed by atoms with Crippen molar-refractivity contribution in [3.63, 3.8) is 0 Å². The van der Waals surface area contributed by atoms with E-state index >= 15 is 0 Å². The lowest BCUT2D eigenvalue weighted by Gasteiger charge is -1.97. The number of nitrogens with zero attached hydrogens (tertiary/aromatic N) is 2. The number of hydrogen-bond donors (Lipinski definition) is 2. The topological polar surface area (TPSA) is 91.1 Å². The van der Waals surface area contributed by atoms with Crippen LogP contribution >= 0.6 is 11.8 Å². The second-order valence-electron chi connectivity index (χ2n) is 4.13. The molecular formula is C14H13N3O3S. The Morgan fingerprint density at radius 1 is 1.38 bits per heavy atom. The maximum Gasteiger partial charge on any atom is 0.305 e. The van der Waals surface area contributed by atoms with E-state index in [0.29, 0.717) is 5.17 Å². The molecule has 0 saturated carbocycles. The molecule has 7 heteroatoms. The minimum Gasteiger partial charge on any atom is -0.481 e. The first-order valence-corrected chi connectivity index (χ1v) is 7.05. The largest absolute Gasteiger partial charge is 0.481 e. The van der Waals surface area contributed by atoms with Crippen LogP contribution in [0.25, 0.3) is 6.08 Å². The van der Waals surface area contributed by atoms with E-state index in [0.717, 1.165) is 17.3 Å². The van der Waals surface area contributed by atoms with Crippen LogP contribution in [-0.2, 0) is 9.59 Å². The number of amides is 1. The number of nitrogens with one attached hydrogen (secondary N) is 1. The summed E-state index contributed by atoms with van der Waals surface area (Å²) in [6.07, 6.45) is 4.87. The summed E-state index contributed by atoms with van der Waals surface area (Å²) in [6, 6.07) is 9.72. The van der Waals surface area contributed by atoms with Gasteiger partial charge in [0.05, 0.1) is 6.42 Å². The van der Waals surface area contributed by atoms with Crippen LogP contribution in [0.1, 0.15) is 12.0 Å². The van der Waals surface area contributed by atoms with Crippen molar-refractivity contribution < 1.29 is 14.7 Å². The van der Waals surface area contributed by atoms with Gasteiger partial charge in [-0.25, -0.2) is 0 Å². The highest BCUT2D eigenvalue weighted by Gasteiger charge is 2.32. The molecule has 2 rings (SSSR count). The zero-order valence-electron chi connectivity index (χ0n) is 11.0. The number of amidine groups is 1. The highest BCUT2D eigenvalue weighted by molar-refractivity contribution is 8.15. The third-order valence-corrected chi connectivity index (χ3v) is 3.60. The van der Waals surface area contributed by atoms with E-state index in [9.17, 15) is 9.59 Å². The lowest BCUT2D eigenvalue weighted by molar-refractivity contribution is -0.138. The van der Waals surface area contributed by atoms with Crippen LogP contribution in [0.2, 0.25) is 0 Å². The Kier molecular flexibility index (Phi) is 5.28. The molecule has 0 spiro atoms. The second kappa shape index (κ2) is 7.39. The predicted octanol–water partition coefficient (Wildman–Crippen LogP) is 1.75. The molecule has 0 radical (unpaired) electrons. The van der Waals surface area contributed by atoms with Gasteiger partial charge in [0.2, 0.25) is 5.91 Å². The molecule has 0 bridgehead atoms. The van der Waals surface area contributed by atoms with E-state index in [2.05, 4.69) is 15.5 Å².